The van der Waals surface area contributed by atoms with Gasteiger partial charge in [0.1, 0.15) is 0 Å². The van der Waals surface area contributed by atoms with Crippen LogP contribution in [-0.4, -0.2) is 15.7 Å². The first-order valence-electron chi connectivity index (χ1n) is 7.57. The van der Waals surface area contributed by atoms with Gasteiger partial charge in [0, 0.05) is 13.6 Å². The Morgan fingerprint density at radius 2 is 1.87 bits per heavy atom. The van der Waals surface area contributed by atoms with E-state index in [0.29, 0.717) is 12.2 Å². The summed E-state index contributed by atoms with van der Waals surface area (Å²) in [5, 5.41) is 7.24. The second-order valence-corrected chi connectivity index (χ2v) is 5.58. The molecule has 3 rings (SSSR count). The minimum atomic E-state index is -0.163. The molecule has 0 aliphatic carbocycles. The number of nitrogens with zero attached hydrogens (tertiary/aromatic N) is 2. The summed E-state index contributed by atoms with van der Waals surface area (Å²) in [6, 6.07) is 19.8. The van der Waals surface area contributed by atoms with E-state index in [-0.39, 0.29) is 5.91 Å². The van der Waals surface area contributed by atoms with Crippen molar-refractivity contribution in [1.82, 2.24) is 15.1 Å². The van der Waals surface area contributed by atoms with E-state index in [1.807, 2.05) is 68.6 Å². The summed E-state index contributed by atoms with van der Waals surface area (Å²) in [5.74, 6) is -0.163. The summed E-state index contributed by atoms with van der Waals surface area (Å²) in [4.78, 5) is 12.3. The molecule has 0 saturated heterocycles. The van der Waals surface area contributed by atoms with Gasteiger partial charge in [-0.2, -0.15) is 5.10 Å². The van der Waals surface area contributed by atoms with E-state index in [1.54, 1.807) is 4.68 Å². The Morgan fingerprint density at radius 3 is 2.61 bits per heavy atom. The van der Waals surface area contributed by atoms with E-state index in [1.165, 1.54) is 5.56 Å². The van der Waals surface area contributed by atoms with E-state index in [2.05, 4.69) is 16.5 Å². The number of hydrogen-bond acceptors (Lipinski definition) is 2. The van der Waals surface area contributed by atoms with Crippen molar-refractivity contribution in [2.45, 2.75) is 13.5 Å². The lowest BCUT2D eigenvalue weighted by Crippen LogP contribution is -2.23. The largest absolute Gasteiger partial charge is 0.347 e. The van der Waals surface area contributed by atoms with Gasteiger partial charge < -0.3 is 5.32 Å². The molecule has 1 N–H and O–H groups in total. The molecule has 0 aliphatic heterocycles. The zero-order valence-electron chi connectivity index (χ0n) is 13.3. The first kappa shape index (κ1) is 15.0. The maximum atomic E-state index is 12.3. The molecule has 2 aromatic carbocycles. The number of nitrogens with one attached hydrogen (secondary N) is 1. The van der Waals surface area contributed by atoms with Crippen molar-refractivity contribution in [3.8, 4) is 11.3 Å². The highest BCUT2D eigenvalue weighted by atomic mass is 16.1. The lowest BCUT2D eigenvalue weighted by Gasteiger charge is -2.04. The van der Waals surface area contributed by atoms with Gasteiger partial charge in [-0.05, 0) is 24.1 Å². The maximum Gasteiger partial charge on any atom is 0.272 e. The maximum absolute atomic E-state index is 12.3. The molecule has 0 bridgehead atoms. The van der Waals surface area contributed by atoms with E-state index in [4.69, 9.17) is 0 Å². The fraction of sp³-hybridized carbons (Fsp3) is 0.158. The van der Waals surface area contributed by atoms with Crippen molar-refractivity contribution in [2.24, 2.45) is 7.05 Å². The minimum Gasteiger partial charge on any atom is -0.347 e. The second-order valence-electron chi connectivity index (χ2n) is 5.58. The molecular formula is C19H19N3O. The Morgan fingerprint density at radius 1 is 1.09 bits per heavy atom. The highest BCUT2D eigenvalue weighted by Gasteiger charge is 2.13. The summed E-state index contributed by atoms with van der Waals surface area (Å²) in [6.07, 6.45) is 0. The summed E-state index contributed by atoms with van der Waals surface area (Å²) in [7, 11) is 1.85. The number of aromatic nitrogens is 2. The third kappa shape index (κ3) is 3.48. The monoisotopic (exact) mass is 305 g/mol. The van der Waals surface area contributed by atoms with Crippen LogP contribution in [0.15, 0.2) is 60.7 Å². The van der Waals surface area contributed by atoms with Gasteiger partial charge in [-0.3, -0.25) is 9.48 Å². The van der Waals surface area contributed by atoms with Gasteiger partial charge in [0.2, 0.25) is 0 Å². The van der Waals surface area contributed by atoms with Crippen LogP contribution in [0, 0.1) is 6.92 Å². The smallest absolute Gasteiger partial charge is 0.272 e. The van der Waals surface area contributed by atoms with Gasteiger partial charge in [-0.1, -0.05) is 60.2 Å². The van der Waals surface area contributed by atoms with Gasteiger partial charge in [-0.15, -0.1) is 0 Å². The molecule has 0 saturated carbocycles. The first-order chi connectivity index (χ1) is 11.1. The Bertz CT molecular complexity index is 822. The predicted octanol–water partition coefficient (Wildman–Crippen LogP) is 3.33. The topological polar surface area (TPSA) is 46.9 Å². The average Bonchev–Trinajstić information content (AvgIpc) is 2.95. The average molecular weight is 305 g/mol. The van der Waals surface area contributed by atoms with E-state index >= 15 is 0 Å². The fourth-order valence-corrected chi connectivity index (χ4v) is 2.55. The number of hydrogen-bond donors (Lipinski definition) is 1. The number of aryl methyl sites for hydroxylation is 2. The molecule has 23 heavy (non-hydrogen) atoms. The Balaban J connectivity index is 1.73. The zero-order chi connectivity index (χ0) is 16.2. The number of carbonyl (C=O) groups excluding carboxylic acids is 1. The molecule has 4 heteroatoms. The molecule has 4 nitrogen and oxygen atoms in total. The van der Waals surface area contributed by atoms with Crippen LogP contribution >= 0.6 is 0 Å². The molecule has 0 aliphatic rings. The Hall–Kier alpha value is -2.88. The predicted molar refractivity (Wildman–Crippen MR) is 91.0 cm³/mol. The molecule has 116 valence electrons. The van der Waals surface area contributed by atoms with Crippen LogP contribution in [0.25, 0.3) is 11.3 Å². The molecule has 0 radical (unpaired) electrons. The van der Waals surface area contributed by atoms with E-state index in [9.17, 15) is 4.79 Å². The lowest BCUT2D eigenvalue weighted by molar-refractivity contribution is 0.0945. The molecular weight excluding hydrogens is 286 g/mol. The normalized spacial score (nSPS) is 10.5. The van der Waals surface area contributed by atoms with Crippen molar-refractivity contribution in [3.05, 3.63) is 77.5 Å². The molecule has 1 amide bonds. The van der Waals surface area contributed by atoms with Crippen LogP contribution in [0.4, 0.5) is 0 Å². The third-order valence-corrected chi connectivity index (χ3v) is 3.72. The standard InChI is InChI=1S/C19H19N3O/c1-14-7-6-8-15(11-14)13-20-19(23)17-12-18(22(2)21-17)16-9-4-3-5-10-16/h3-12H,13H2,1-2H3,(H,20,23). The highest BCUT2D eigenvalue weighted by Crippen LogP contribution is 2.19. The van der Waals surface area contributed by atoms with Crippen LogP contribution in [0.5, 0.6) is 0 Å². The van der Waals surface area contributed by atoms with E-state index in [0.717, 1.165) is 16.8 Å². The fourth-order valence-electron chi connectivity index (χ4n) is 2.55. The molecule has 1 aromatic heterocycles. The summed E-state index contributed by atoms with van der Waals surface area (Å²) >= 11 is 0. The van der Waals surface area contributed by atoms with Crippen molar-refractivity contribution in [2.75, 3.05) is 0 Å². The summed E-state index contributed by atoms with van der Waals surface area (Å²) in [5.41, 5.74) is 4.66. The molecule has 3 aromatic rings. The quantitative estimate of drug-likeness (QED) is 0.803. The first-order valence-corrected chi connectivity index (χ1v) is 7.57. The molecule has 0 fully saturated rings. The van der Waals surface area contributed by atoms with Crippen LogP contribution in [0.2, 0.25) is 0 Å². The van der Waals surface area contributed by atoms with Gasteiger partial charge in [0.15, 0.2) is 5.69 Å². The van der Waals surface area contributed by atoms with Crippen molar-refractivity contribution < 1.29 is 4.79 Å². The SMILES string of the molecule is Cc1cccc(CNC(=O)c2cc(-c3ccccc3)n(C)n2)c1. The van der Waals surface area contributed by atoms with Crippen LogP contribution < -0.4 is 5.32 Å². The van der Waals surface area contributed by atoms with Crippen molar-refractivity contribution in [3.63, 3.8) is 0 Å². The number of amides is 1. The van der Waals surface area contributed by atoms with Gasteiger partial charge >= 0.3 is 0 Å². The molecule has 0 unspecified atom stereocenters. The van der Waals surface area contributed by atoms with Crippen molar-refractivity contribution >= 4 is 5.91 Å². The molecule has 0 spiro atoms. The molecule has 1 heterocycles. The van der Waals surface area contributed by atoms with Crippen LogP contribution in [0.3, 0.4) is 0 Å². The van der Waals surface area contributed by atoms with Gasteiger partial charge in [-0.25, -0.2) is 0 Å². The Labute approximate surface area is 135 Å². The molecule has 0 atom stereocenters. The summed E-state index contributed by atoms with van der Waals surface area (Å²) < 4.78 is 1.73. The number of carbonyl (C=O) groups is 1. The minimum absolute atomic E-state index is 0.163. The Kier molecular flexibility index (Phi) is 4.24. The van der Waals surface area contributed by atoms with E-state index < -0.39 is 0 Å². The third-order valence-electron chi connectivity index (χ3n) is 3.72. The summed E-state index contributed by atoms with van der Waals surface area (Å²) in [6.45, 7) is 2.54. The highest BCUT2D eigenvalue weighted by molar-refractivity contribution is 5.93. The number of rotatable bonds is 4. The van der Waals surface area contributed by atoms with Gasteiger partial charge in [0.05, 0.1) is 5.69 Å². The second kappa shape index (κ2) is 6.48. The van der Waals surface area contributed by atoms with Crippen molar-refractivity contribution in [1.29, 1.82) is 0 Å². The lowest BCUT2D eigenvalue weighted by atomic mass is 10.1. The van der Waals surface area contributed by atoms with Gasteiger partial charge in [0.25, 0.3) is 5.91 Å². The zero-order valence-corrected chi connectivity index (χ0v) is 13.3. The van der Waals surface area contributed by atoms with Crippen LogP contribution in [-0.2, 0) is 13.6 Å². The number of benzene rings is 2. The van der Waals surface area contributed by atoms with Crippen LogP contribution in [0.1, 0.15) is 21.6 Å².